The molecule has 20 heavy (non-hydrogen) atoms. The number of para-hydroxylation sites is 1. The van der Waals surface area contributed by atoms with E-state index in [1.54, 1.807) is 0 Å². The normalized spacial score (nSPS) is 12.6. The van der Waals surface area contributed by atoms with Crippen molar-refractivity contribution in [1.82, 2.24) is 14.9 Å². The van der Waals surface area contributed by atoms with Crippen molar-refractivity contribution >= 4 is 0 Å². The van der Waals surface area contributed by atoms with E-state index in [2.05, 4.69) is 33.9 Å². The Morgan fingerprint density at radius 2 is 2.05 bits per heavy atom. The number of imidazole rings is 1. The lowest BCUT2D eigenvalue weighted by atomic mass is 10.3. The molecule has 2 rings (SSSR count). The van der Waals surface area contributed by atoms with Crippen LogP contribution < -0.4 is 5.32 Å². The molecule has 1 aromatic heterocycles. The number of nitrogens with one attached hydrogen (secondary N) is 1. The zero-order valence-electron chi connectivity index (χ0n) is 12.5. The molecule has 108 valence electrons. The van der Waals surface area contributed by atoms with E-state index in [-0.39, 0.29) is 0 Å². The van der Waals surface area contributed by atoms with Crippen LogP contribution in [0.2, 0.25) is 0 Å². The van der Waals surface area contributed by atoms with Crippen LogP contribution in [0.4, 0.5) is 0 Å². The van der Waals surface area contributed by atoms with E-state index in [1.165, 1.54) is 0 Å². The van der Waals surface area contributed by atoms with Crippen LogP contribution in [-0.2, 0) is 11.3 Å². The first-order chi connectivity index (χ1) is 9.72. The standard InChI is InChI=1S/C16H23N3O/c1-4-20-12-13(2)17-10-16-11-18-14(3)19(16)15-8-6-5-7-9-15/h5-9,11,13,17H,4,10,12H2,1-3H3. The lowest BCUT2D eigenvalue weighted by Gasteiger charge is -2.15. The average Bonchev–Trinajstić information content (AvgIpc) is 2.84. The van der Waals surface area contributed by atoms with E-state index < -0.39 is 0 Å². The number of nitrogens with zero attached hydrogens (tertiary/aromatic N) is 2. The summed E-state index contributed by atoms with van der Waals surface area (Å²) >= 11 is 0. The summed E-state index contributed by atoms with van der Waals surface area (Å²) in [5.41, 5.74) is 2.31. The van der Waals surface area contributed by atoms with Gasteiger partial charge < -0.3 is 10.1 Å². The van der Waals surface area contributed by atoms with Crippen LogP contribution in [0.3, 0.4) is 0 Å². The Morgan fingerprint density at radius 1 is 1.30 bits per heavy atom. The number of hydrogen-bond donors (Lipinski definition) is 1. The molecule has 0 fully saturated rings. The molecule has 1 unspecified atom stereocenters. The molecule has 1 heterocycles. The Kier molecular flexibility index (Phi) is 5.32. The van der Waals surface area contributed by atoms with Crippen LogP contribution in [0.15, 0.2) is 36.5 Å². The fraction of sp³-hybridized carbons (Fsp3) is 0.438. The van der Waals surface area contributed by atoms with Crippen LogP contribution in [0.1, 0.15) is 25.4 Å². The molecule has 0 radical (unpaired) electrons. The van der Waals surface area contributed by atoms with E-state index in [1.807, 2.05) is 38.2 Å². The first-order valence-corrected chi connectivity index (χ1v) is 7.12. The molecule has 0 saturated carbocycles. The highest BCUT2D eigenvalue weighted by Gasteiger charge is 2.09. The van der Waals surface area contributed by atoms with Gasteiger partial charge in [-0.05, 0) is 32.9 Å². The molecule has 0 saturated heterocycles. The second-order valence-electron chi connectivity index (χ2n) is 4.91. The fourth-order valence-corrected chi connectivity index (χ4v) is 2.18. The van der Waals surface area contributed by atoms with Gasteiger partial charge in [-0.2, -0.15) is 0 Å². The minimum Gasteiger partial charge on any atom is -0.380 e. The van der Waals surface area contributed by atoms with Gasteiger partial charge >= 0.3 is 0 Å². The van der Waals surface area contributed by atoms with Crippen LogP contribution in [0.5, 0.6) is 0 Å². The number of aromatic nitrogens is 2. The van der Waals surface area contributed by atoms with Gasteiger partial charge in [0.25, 0.3) is 0 Å². The summed E-state index contributed by atoms with van der Waals surface area (Å²) < 4.78 is 7.60. The highest BCUT2D eigenvalue weighted by atomic mass is 16.5. The lowest BCUT2D eigenvalue weighted by Crippen LogP contribution is -2.30. The number of rotatable bonds is 7. The van der Waals surface area contributed by atoms with Gasteiger partial charge in [0.1, 0.15) is 5.82 Å². The van der Waals surface area contributed by atoms with E-state index in [9.17, 15) is 0 Å². The quantitative estimate of drug-likeness (QED) is 0.843. The molecule has 0 amide bonds. The maximum absolute atomic E-state index is 5.42. The van der Waals surface area contributed by atoms with Crippen LogP contribution in [-0.4, -0.2) is 28.8 Å². The third-order valence-corrected chi connectivity index (χ3v) is 3.23. The van der Waals surface area contributed by atoms with Crippen LogP contribution in [0, 0.1) is 6.92 Å². The molecular weight excluding hydrogens is 250 g/mol. The minimum absolute atomic E-state index is 0.328. The van der Waals surface area contributed by atoms with Crippen LogP contribution >= 0.6 is 0 Å². The van der Waals surface area contributed by atoms with Gasteiger partial charge in [0.15, 0.2) is 0 Å². The molecule has 1 atom stereocenters. The summed E-state index contributed by atoms with van der Waals surface area (Å²) in [6, 6.07) is 10.6. The Bertz CT molecular complexity index is 522. The molecule has 2 aromatic rings. The molecule has 1 N–H and O–H groups in total. The van der Waals surface area contributed by atoms with Crippen molar-refractivity contribution in [3.63, 3.8) is 0 Å². The number of ether oxygens (including phenoxy) is 1. The fourth-order valence-electron chi connectivity index (χ4n) is 2.18. The highest BCUT2D eigenvalue weighted by Crippen LogP contribution is 2.14. The maximum Gasteiger partial charge on any atom is 0.110 e. The first kappa shape index (κ1) is 14.8. The molecule has 0 spiro atoms. The average molecular weight is 273 g/mol. The minimum atomic E-state index is 0.328. The van der Waals surface area contributed by atoms with Gasteiger partial charge in [0.2, 0.25) is 0 Å². The number of benzene rings is 1. The largest absolute Gasteiger partial charge is 0.380 e. The molecular formula is C16H23N3O. The SMILES string of the molecule is CCOCC(C)NCc1cnc(C)n1-c1ccccc1. The van der Waals surface area contributed by atoms with Gasteiger partial charge in [0, 0.05) is 24.9 Å². The number of aryl methyl sites for hydroxylation is 1. The summed E-state index contributed by atoms with van der Waals surface area (Å²) in [6.45, 7) is 8.44. The van der Waals surface area contributed by atoms with Gasteiger partial charge in [-0.25, -0.2) is 4.98 Å². The highest BCUT2D eigenvalue weighted by molar-refractivity contribution is 5.35. The Labute approximate surface area is 120 Å². The van der Waals surface area contributed by atoms with Crippen molar-refractivity contribution in [2.24, 2.45) is 0 Å². The lowest BCUT2D eigenvalue weighted by molar-refractivity contribution is 0.127. The third kappa shape index (κ3) is 3.68. The first-order valence-electron chi connectivity index (χ1n) is 7.12. The van der Waals surface area contributed by atoms with E-state index in [4.69, 9.17) is 4.74 Å². The zero-order chi connectivity index (χ0) is 14.4. The van der Waals surface area contributed by atoms with Crippen molar-refractivity contribution in [2.75, 3.05) is 13.2 Å². The van der Waals surface area contributed by atoms with E-state index in [0.717, 1.165) is 37.0 Å². The third-order valence-electron chi connectivity index (χ3n) is 3.23. The van der Waals surface area contributed by atoms with Crippen molar-refractivity contribution in [2.45, 2.75) is 33.4 Å². The molecule has 4 heteroatoms. The molecule has 0 bridgehead atoms. The molecule has 4 nitrogen and oxygen atoms in total. The second-order valence-corrected chi connectivity index (χ2v) is 4.91. The summed E-state index contributed by atoms with van der Waals surface area (Å²) in [7, 11) is 0. The van der Waals surface area contributed by atoms with Crippen molar-refractivity contribution in [1.29, 1.82) is 0 Å². The zero-order valence-corrected chi connectivity index (χ0v) is 12.5. The maximum atomic E-state index is 5.42. The monoisotopic (exact) mass is 273 g/mol. The Balaban J connectivity index is 2.06. The predicted octanol–water partition coefficient (Wildman–Crippen LogP) is 2.70. The smallest absolute Gasteiger partial charge is 0.110 e. The second kappa shape index (κ2) is 7.22. The number of hydrogen-bond acceptors (Lipinski definition) is 3. The molecule has 0 aliphatic rings. The molecule has 0 aliphatic carbocycles. The van der Waals surface area contributed by atoms with Crippen LogP contribution in [0.25, 0.3) is 5.69 Å². The Morgan fingerprint density at radius 3 is 2.75 bits per heavy atom. The van der Waals surface area contributed by atoms with E-state index in [0.29, 0.717) is 6.04 Å². The predicted molar refractivity (Wildman–Crippen MR) is 81.1 cm³/mol. The Hall–Kier alpha value is -1.65. The molecule has 0 aliphatic heterocycles. The summed E-state index contributed by atoms with van der Waals surface area (Å²) in [5, 5.41) is 3.47. The summed E-state index contributed by atoms with van der Waals surface area (Å²) in [5.74, 6) is 1.01. The topological polar surface area (TPSA) is 39.1 Å². The summed E-state index contributed by atoms with van der Waals surface area (Å²) in [4.78, 5) is 4.42. The van der Waals surface area contributed by atoms with Gasteiger partial charge in [0.05, 0.1) is 18.5 Å². The van der Waals surface area contributed by atoms with Gasteiger partial charge in [-0.15, -0.1) is 0 Å². The van der Waals surface area contributed by atoms with Gasteiger partial charge in [-0.1, -0.05) is 18.2 Å². The molecule has 1 aromatic carbocycles. The van der Waals surface area contributed by atoms with Gasteiger partial charge in [-0.3, -0.25) is 4.57 Å². The van der Waals surface area contributed by atoms with Crippen molar-refractivity contribution in [3.05, 3.63) is 48.0 Å². The van der Waals surface area contributed by atoms with Crippen molar-refractivity contribution < 1.29 is 4.74 Å². The summed E-state index contributed by atoms with van der Waals surface area (Å²) in [6.07, 6.45) is 1.93. The van der Waals surface area contributed by atoms with Crippen molar-refractivity contribution in [3.8, 4) is 5.69 Å². The van der Waals surface area contributed by atoms with E-state index >= 15 is 0 Å².